The number of pyridine rings is 2. The maximum atomic E-state index is 12.4. The molecule has 4 aromatic rings. The maximum absolute atomic E-state index is 12.4. The molecule has 8 nitrogen and oxygen atoms in total. The molecule has 2 aromatic heterocycles. The molecule has 5 rings (SSSR count). The fourth-order valence-corrected chi connectivity index (χ4v) is 5.15. The first-order valence-corrected chi connectivity index (χ1v) is 14.4. The van der Waals surface area contributed by atoms with Crippen LogP contribution >= 0.6 is 0 Å². The van der Waals surface area contributed by atoms with Gasteiger partial charge in [-0.05, 0) is 48.0 Å². The van der Waals surface area contributed by atoms with E-state index in [1.165, 1.54) is 0 Å². The number of benzene rings is 2. The van der Waals surface area contributed by atoms with E-state index in [1.54, 1.807) is 24.5 Å². The van der Waals surface area contributed by atoms with E-state index in [0.717, 1.165) is 47.5 Å². The van der Waals surface area contributed by atoms with Gasteiger partial charge in [-0.15, -0.1) is 0 Å². The average Bonchev–Trinajstić information content (AvgIpc) is 3.05. The number of nitrogens with one attached hydrogen (secondary N) is 1. The van der Waals surface area contributed by atoms with Gasteiger partial charge in [0, 0.05) is 61.8 Å². The smallest absolute Gasteiger partial charge is 0.253 e. The van der Waals surface area contributed by atoms with Crippen LogP contribution in [0.15, 0.2) is 97.5 Å². The Bertz CT molecular complexity index is 1400. The first kappa shape index (κ1) is 29.5. The van der Waals surface area contributed by atoms with Gasteiger partial charge in [0.25, 0.3) is 5.91 Å². The Hall–Kier alpha value is -3.95. The van der Waals surface area contributed by atoms with Crippen LogP contribution in [0.3, 0.4) is 0 Å². The highest BCUT2D eigenvalue weighted by Gasteiger charge is 2.38. The molecule has 4 atom stereocenters. The van der Waals surface area contributed by atoms with Crippen LogP contribution in [0.1, 0.15) is 57.6 Å². The summed E-state index contributed by atoms with van der Waals surface area (Å²) in [4.78, 5) is 23.2. The van der Waals surface area contributed by atoms with Crippen LogP contribution in [0, 0.1) is 5.92 Å². The van der Waals surface area contributed by atoms with Crippen molar-refractivity contribution in [3.63, 3.8) is 0 Å². The lowest BCUT2D eigenvalue weighted by Crippen LogP contribution is -2.43. The molecule has 1 amide bonds. The Morgan fingerprint density at radius 2 is 1.69 bits per heavy atom. The molecule has 42 heavy (non-hydrogen) atoms. The highest BCUT2D eigenvalue weighted by molar-refractivity contribution is 5.93. The van der Waals surface area contributed by atoms with Crippen molar-refractivity contribution in [1.29, 1.82) is 0 Å². The maximum Gasteiger partial charge on any atom is 0.253 e. The summed E-state index contributed by atoms with van der Waals surface area (Å²) >= 11 is 0. The van der Waals surface area contributed by atoms with E-state index in [9.17, 15) is 9.90 Å². The lowest BCUT2D eigenvalue weighted by atomic mass is 9.90. The van der Waals surface area contributed by atoms with E-state index in [4.69, 9.17) is 9.47 Å². The van der Waals surface area contributed by atoms with Gasteiger partial charge in [-0.3, -0.25) is 14.8 Å². The Labute approximate surface area is 247 Å². The molecule has 0 spiro atoms. The predicted molar refractivity (Wildman–Crippen MR) is 160 cm³/mol. The number of hydrogen-bond donors (Lipinski definition) is 2. The second kappa shape index (κ2) is 14.3. The summed E-state index contributed by atoms with van der Waals surface area (Å²) in [7, 11) is 2.11. The lowest BCUT2D eigenvalue weighted by molar-refractivity contribution is -0.275. The number of aliphatic hydroxyl groups is 1. The quantitative estimate of drug-likeness (QED) is 0.268. The molecule has 0 aliphatic carbocycles. The topological polar surface area (TPSA) is 96.8 Å². The molecule has 0 unspecified atom stereocenters. The molecule has 3 heterocycles. The second-order valence-corrected chi connectivity index (χ2v) is 10.8. The summed E-state index contributed by atoms with van der Waals surface area (Å²) in [6, 6.07) is 25.4. The molecule has 2 N–H and O–H groups in total. The van der Waals surface area contributed by atoms with Crippen LogP contribution in [-0.2, 0) is 29.0 Å². The number of hydrogen-bond acceptors (Lipinski definition) is 7. The highest BCUT2D eigenvalue weighted by Crippen LogP contribution is 2.41. The number of likely N-dealkylation sites (N-methyl/N-ethyl adjacent to an activating group) is 1. The third-order valence-electron chi connectivity index (χ3n) is 7.72. The zero-order chi connectivity index (χ0) is 29.3. The van der Waals surface area contributed by atoms with Crippen molar-refractivity contribution in [2.45, 2.75) is 45.0 Å². The minimum Gasteiger partial charge on any atom is -0.392 e. The number of aliphatic hydroxyl groups excluding tert-OH is 1. The number of nitrogens with zero attached hydrogens (tertiary/aromatic N) is 3. The zero-order valence-corrected chi connectivity index (χ0v) is 24.1. The van der Waals surface area contributed by atoms with E-state index in [0.29, 0.717) is 12.1 Å². The summed E-state index contributed by atoms with van der Waals surface area (Å²) in [6.07, 6.45) is 5.10. The molecule has 2 aromatic carbocycles. The first-order valence-electron chi connectivity index (χ1n) is 14.4. The van der Waals surface area contributed by atoms with Crippen molar-refractivity contribution < 1.29 is 19.4 Å². The Morgan fingerprint density at radius 1 is 0.929 bits per heavy atom. The van der Waals surface area contributed by atoms with Gasteiger partial charge in [0.2, 0.25) is 0 Å². The number of amides is 1. The minimum atomic E-state index is -0.544. The Balaban J connectivity index is 1.28. The monoisotopic (exact) mass is 566 g/mol. The normalized spacial score (nSPS) is 20.4. The van der Waals surface area contributed by atoms with Crippen molar-refractivity contribution in [3.8, 4) is 0 Å². The fourth-order valence-electron chi connectivity index (χ4n) is 5.15. The van der Waals surface area contributed by atoms with Gasteiger partial charge in [-0.1, -0.05) is 61.5 Å². The number of carbonyl (C=O) groups is 1. The number of ether oxygens (including phenoxy) is 2. The Morgan fingerprint density at radius 3 is 2.38 bits per heavy atom. The summed E-state index contributed by atoms with van der Waals surface area (Å²) in [5.41, 5.74) is 5.42. The summed E-state index contributed by atoms with van der Waals surface area (Å²) < 4.78 is 13.2. The summed E-state index contributed by atoms with van der Waals surface area (Å²) in [5, 5.41) is 12.5. The number of aromatic nitrogens is 2. The van der Waals surface area contributed by atoms with Gasteiger partial charge in [-0.25, -0.2) is 0 Å². The Kier molecular flexibility index (Phi) is 10.0. The molecule has 8 heteroatoms. The summed E-state index contributed by atoms with van der Waals surface area (Å²) in [5.74, 6) is -0.0642. The van der Waals surface area contributed by atoms with E-state index >= 15 is 0 Å². The van der Waals surface area contributed by atoms with Crippen molar-refractivity contribution in [3.05, 3.63) is 131 Å². The molecule has 1 fully saturated rings. The fraction of sp³-hybridized carbons (Fsp3) is 0.324. The minimum absolute atomic E-state index is 0.00578. The molecule has 1 saturated heterocycles. The van der Waals surface area contributed by atoms with Gasteiger partial charge >= 0.3 is 0 Å². The number of rotatable bonds is 11. The van der Waals surface area contributed by atoms with Crippen molar-refractivity contribution in [2.75, 3.05) is 20.1 Å². The standard InChI is InChI=1S/C34H38N4O4/c1-24-31(22-38(2)19-16-30-7-3-4-18-36-30)41-34(42-32(24)27-12-10-26(23-39)11-13-27)28-14-8-25(9-15-28)20-37-33(40)29-6-5-17-35-21-29/h3-15,17-18,21,24,31-32,34,39H,16,19-20,22-23H2,1-2H3,(H,37,40)/t24-,31+,32+,34+/m0/s1. The van der Waals surface area contributed by atoms with Crippen molar-refractivity contribution >= 4 is 5.91 Å². The third-order valence-corrected chi connectivity index (χ3v) is 7.72. The molecule has 218 valence electrons. The van der Waals surface area contributed by atoms with E-state index in [-0.39, 0.29) is 30.6 Å². The largest absolute Gasteiger partial charge is 0.392 e. The van der Waals surface area contributed by atoms with Crippen LogP contribution in [0.4, 0.5) is 0 Å². The molecule has 1 aliphatic heterocycles. The van der Waals surface area contributed by atoms with Gasteiger partial charge in [0.1, 0.15) is 0 Å². The predicted octanol–water partition coefficient (Wildman–Crippen LogP) is 4.86. The second-order valence-electron chi connectivity index (χ2n) is 10.8. The molecule has 1 aliphatic rings. The van der Waals surface area contributed by atoms with E-state index < -0.39 is 6.29 Å². The van der Waals surface area contributed by atoms with Crippen molar-refractivity contribution in [2.24, 2.45) is 5.92 Å². The highest BCUT2D eigenvalue weighted by atomic mass is 16.7. The zero-order valence-electron chi connectivity index (χ0n) is 24.1. The van der Waals surface area contributed by atoms with Crippen LogP contribution in [0.25, 0.3) is 0 Å². The van der Waals surface area contributed by atoms with Gasteiger partial charge in [-0.2, -0.15) is 0 Å². The first-order chi connectivity index (χ1) is 20.5. The van der Waals surface area contributed by atoms with E-state index in [2.05, 4.69) is 40.2 Å². The molecule has 0 bridgehead atoms. The molecule has 0 saturated carbocycles. The van der Waals surface area contributed by atoms with Gasteiger partial charge < -0.3 is 24.8 Å². The summed E-state index contributed by atoms with van der Waals surface area (Å²) in [6.45, 7) is 4.20. The van der Waals surface area contributed by atoms with Crippen LogP contribution in [0.2, 0.25) is 0 Å². The molecule has 0 radical (unpaired) electrons. The van der Waals surface area contributed by atoms with Crippen LogP contribution in [-0.4, -0.2) is 52.1 Å². The lowest BCUT2D eigenvalue weighted by Gasteiger charge is -2.42. The van der Waals surface area contributed by atoms with Gasteiger partial charge in [0.15, 0.2) is 6.29 Å². The van der Waals surface area contributed by atoms with Crippen LogP contribution < -0.4 is 5.32 Å². The molecular weight excluding hydrogens is 528 g/mol. The SMILES string of the molecule is C[C@H]1[C@@H](CN(C)CCc2ccccn2)O[C@@H](c2ccc(CNC(=O)c3cccnc3)cc2)O[C@H]1c1ccc(CO)cc1. The van der Waals surface area contributed by atoms with Gasteiger partial charge in [0.05, 0.1) is 24.4 Å². The third kappa shape index (κ3) is 7.66. The number of carbonyl (C=O) groups excluding carboxylic acids is 1. The van der Waals surface area contributed by atoms with Crippen LogP contribution in [0.5, 0.6) is 0 Å². The molecular formula is C34H38N4O4. The van der Waals surface area contributed by atoms with Crippen molar-refractivity contribution in [1.82, 2.24) is 20.2 Å². The average molecular weight is 567 g/mol. The van der Waals surface area contributed by atoms with E-state index in [1.807, 2.05) is 66.9 Å².